The largest absolute Gasteiger partial charge is 0.433 e. The number of aryl methyl sites for hydroxylation is 1. The number of furan rings is 1. The van der Waals surface area contributed by atoms with E-state index < -0.39 is 4.92 Å². The van der Waals surface area contributed by atoms with Crippen molar-refractivity contribution >= 4 is 17.6 Å². The second kappa shape index (κ2) is 7.27. The van der Waals surface area contributed by atoms with Crippen molar-refractivity contribution in [1.29, 1.82) is 0 Å². The highest BCUT2D eigenvalue weighted by Gasteiger charge is 2.19. The molecule has 0 N–H and O–H groups in total. The summed E-state index contributed by atoms with van der Waals surface area (Å²) in [5, 5.41) is 23.5. The Morgan fingerprint density at radius 3 is 2.79 bits per heavy atom. The van der Waals surface area contributed by atoms with Crippen molar-refractivity contribution in [3.05, 3.63) is 57.9 Å². The number of rotatable bonds is 6. The zero-order chi connectivity index (χ0) is 19.7. The lowest BCUT2D eigenvalue weighted by atomic mass is 10.1. The molecule has 0 aliphatic carbocycles. The number of nitrogens with zero attached hydrogens (tertiary/aromatic N) is 6. The van der Waals surface area contributed by atoms with E-state index in [2.05, 4.69) is 20.3 Å². The van der Waals surface area contributed by atoms with Gasteiger partial charge in [-0.3, -0.25) is 10.1 Å². The molecule has 0 saturated heterocycles. The van der Waals surface area contributed by atoms with Gasteiger partial charge in [-0.15, -0.1) is 10.2 Å². The van der Waals surface area contributed by atoms with Crippen LogP contribution in [0.1, 0.15) is 11.4 Å². The smallest absolute Gasteiger partial charge is 0.397 e. The van der Waals surface area contributed by atoms with Crippen LogP contribution in [0.15, 0.2) is 50.5 Å². The fourth-order valence-electron chi connectivity index (χ4n) is 2.57. The van der Waals surface area contributed by atoms with Crippen molar-refractivity contribution < 1.29 is 13.9 Å². The van der Waals surface area contributed by atoms with E-state index in [0.717, 1.165) is 11.1 Å². The summed E-state index contributed by atoms with van der Waals surface area (Å²) in [7, 11) is 1.75. The Labute approximate surface area is 162 Å². The highest BCUT2D eigenvalue weighted by molar-refractivity contribution is 7.98. The lowest BCUT2D eigenvalue weighted by molar-refractivity contribution is -0.401. The van der Waals surface area contributed by atoms with Gasteiger partial charge in [0.25, 0.3) is 5.89 Å². The Hall–Kier alpha value is -3.47. The van der Waals surface area contributed by atoms with Crippen LogP contribution in [0.3, 0.4) is 0 Å². The first-order valence-electron chi connectivity index (χ1n) is 8.18. The van der Waals surface area contributed by atoms with E-state index >= 15 is 0 Å². The van der Waals surface area contributed by atoms with Crippen LogP contribution in [0.2, 0.25) is 0 Å². The number of benzene rings is 1. The van der Waals surface area contributed by atoms with Gasteiger partial charge in [-0.2, -0.15) is 4.98 Å². The fourth-order valence-corrected chi connectivity index (χ4v) is 3.32. The molecule has 10 nitrogen and oxygen atoms in total. The number of hydrogen-bond donors (Lipinski definition) is 0. The summed E-state index contributed by atoms with van der Waals surface area (Å²) in [6, 6.07) is 10.5. The molecule has 4 aromatic rings. The molecule has 28 heavy (non-hydrogen) atoms. The van der Waals surface area contributed by atoms with Crippen LogP contribution in [-0.2, 0) is 12.8 Å². The Morgan fingerprint density at radius 1 is 1.21 bits per heavy atom. The summed E-state index contributed by atoms with van der Waals surface area (Å²) < 4.78 is 12.2. The molecule has 0 aliphatic heterocycles. The predicted molar refractivity (Wildman–Crippen MR) is 99.4 cm³/mol. The summed E-state index contributed by atoms with van der Waals surface area (Å²) in [6.45, 7) is 1.98. The third kappa shape index (κ3) is 3.39. The van der Waals surface area contributed by atoms with E-state index in [9.17, 15) is 10.1 Å². The van der Waals surface area contributed by atoms with Gasteiger partial charge in [0.2, 0.25) is 5.82 Å². The molecule has 0 fully saturated rings. The highest BCUT2D eigenvalue weighted by atomic mass is 32.2. The third-order valence-electron chi connectivity index (χ3n) is 4.00. The maximum Gasteiger partial charge on any atom is 0.433 e. The van der Waals surface area contributed by atoms with Gasteiger partial charge in [-0.25, -0.2) is 0 Å². The number of aromatic nitrogens is 5. The molecule has 4 rings (SSSR count). The van der Waals surface area contributed by atoms with Crippen LogP contribution in [-0.4, -0.2) is 29.8 Å². The Balaban J connectivity index is 1.48. The number of nitro groups is 1. The Morgan fingerprint density at radius 2 is 2.04 bits per heavy atom. The first kappa shape index (κ1) is 17.9. The van der Waals surface area contributed by atoms with E-state index in [1.807, 2.05) is 31.2 Å². The van der Waals surface area contributed by atoms with Gasteiger partial charge in [-0.1, -0.05) is 35.1 Å². The second-order valence-electron chi connectivity index (χ2n) is 5.88. The van der Waals surface area contributed by atoms with E-state index in [4.69, 9.17) is 8.94 Å². The second-order valence-corrected chi connectivity index (χ2v) is 6.82. The molecule has 3 aromatic heterocycles. The number of thioether (sulfide) groups is 1. The molecule has 0 spiro atoms. The van der Waals surface area contributed by atoms with Gasteiger partial charge in [0.1, 0.15) is 4.92 Å². The van der Waals surface area contributed by atoms with E-state index in [1.54, 1.807) is 11.6 Å². The molecular weight excluding hydrogens is 384 g/mol. The van der Waals surface area contributed by atoms with Gasteiger partial charge in [0.15, 0.2) is 16.7 Å². The molecule has 11 heteroatoms. The predicted octanol–water partition coefficient (Wildman–Crippen LogP) is 3.63. The van der Waals surface area contributed by atoms with Gasteiger partial charge >= 0.3 is 5.88 Å². The van der Waals surface area contributed by atoms with E-state index in [0.29, 0.717) is 28.4 Å². The van der Waals surface area contributed by atoms with Gasteiger partial charge < -0.3 is 13.5 Å². The molecule has 142 valence electrons. The molecular formula is C17H14N6O4S. The standard InChI is InChI=1S/C17H14N6O4S/c1-10-5-3-4-6-11(10)16-18-13(21-27-16)9-28-17-20-19-15(22(17)2)12-7-8-14(26-12)23(24)25/h3-8H,9H2,1-2H3. The van der Waals surface area contributed by atoms with Crippen molar-refractivity contribution in [2.24, 2.45) is 7.05 Å². The quantitative estimate of drug-likeness (QED) is 0.272. The lowest BCUT2D eigenvalue weighted by Gasteiger charge is -2.00. The van der Waals surface area contributed by atoms with Gasteiger partial charge in [-0.05, 0) is 24.6 Å². The summed E-state index contributed by atoms with van der Waals surface area (Å²) in [6.07, 6.45) is 0. The molecule has 0 aliphatic rings. The van der Waals surface area contributed by atoms with Gasteiger partial charge in [0, 0.05) is 12.6 Å². The average Bonchev–Trinajstić information content (AvgIpc) is 3.40. The van der Waals surface area contributed by atoms with Crippen LogP contribution in [0.4, 0.5) is 5.88 Å². The molecule has 0 amide bonds. The summed E-state index contributed by atoms with van der Waals surface area (Å²) in [5.41, 5.74) is 1.95. The third-order valence-corrected chi connectivity index (χ3v) is 5.02. The first-order valence-corrected chi connectivity index (χ1v) is 9.17. The molecule has 1 aromatic carbocycles. The minimum absolute atomic E-state index is 0.273. The van der Waals surface area contributed by atoms with Crippen LogP contribution in [0.25, 0.3) is 23.0 Å². The van der Waals surface area contributed by atoms with Crippen molar-refractivity contribution in [3.8, 4) is 23.0 Å². The Bertz CT molecular complexity index is 1150. The van der Waals surface area contributed by atoms with Gasteiger partial charge in [0.05, 0.1) is 11.8 Å². The lowest BCUT2D eigenvalue weighted by Crippen LogP contribution is -1.95. The minimum Gasteiger partial charge on any atom is -0.397 e. The van der Waals surface area contributed by atoms with Crippen molar-refractivity contribution in [3.63, 3.8) is 0 Å². The zero-order valence-electron chi connectivity index (χ0n) is 14.9. The average molecular weight is 398 g/mol. The van der Waals surface area contributed by atoms with E-state index in [1.165, 1.54) is 23.9 Å². The van der Waals surface area contributed by atoms with Crippen molar-refractivity contribution in [2.75, 3.05) is 0 Å². The van der Waals surface area contributed by atoms with Crippen molar-refractivity contribution in [1.82, 2.24) is 24.9 Å². The maximum absolute atomic E-state index is 10.8. The van der Waals surface area contributed by atoms with Crippen LogP contribution < -0.4 is 0 Å². The molecule has 3 heterocycles. The number of hydrogen-bond acceptors (Lipinski definition) is 9. The van der Waals surface area contributed by atoms with Crippen LogP contribution in [0, 0.1) is 17.0 Å². The molecule has 0 radical (unpaired) electrons. The first-order chi connectivity index (χ1) is 13.5. The fraction of sp³-hybridized carbons (Fsp3) is 0.176. The minimum atomic E-state index is -0.599. The molecule has 0 unspecified atom stereocenters. The van der Waals surface area contributed by atoms with Crippen LogP contribution >= 0.6 is 11.8 Å². The summed E-state index contributed by atoms with van der Waals surface area (Å²) in [4.78, 5) is 14.6. The van der Waals surface area contributed by atoms with Crippen molar-refractivity contribution in [2.45, 2.75) is 17.8 Å². The zero-order valence-corrected chi connectivity index (χ0v) is 15.7. The summed E-state index contributed by atoms with van der Waals surface area (Å²) in [5.74, 6) is 1.75. The monoisotopic (exact) mass is 398 g/mol. The summed E-state index contributed by atoms with van der Waals surface area (Å²) >= 11 is 1.37. The topological polar surface area (TPSA) is 126 Å². The highest BCUT2D eigenvalue weighted by Crippen LogP contribution is 2.28. The maximum atomic E-state index is 10.8. The molecule has 0 bridgehead atoms. The molecule has 0 saturated carbocycles. The van der Waals surface area contributed by atoms with E-state index in [-0.39, 0.29) is 11.6 Å². The SMILES string of the molecule is Cc1ccccc1-c1nc(CSc2nnc(-c3ccc([N+](=O)[O-])o3)n2C)no1. The van der Waals surface area contributed by atoms with Crippen LogP contribution in [0.5, 0.6) is 0 Å². The normalized spacial score (nSPS) is 11.1. The molecule has 0 atom stereocenters. The Kier molecular flexibility index (Phi) is 4.65.